The first-order valence-corrected chi connectivity index (χ1v) is 9.81. The van der Waals surface area contributed by atoms with Crippen LogP contribution in [0.25, 0.3) is 0 Å². The molecule has 0 aromatic carbocycles. The van der Waals surface area contributed by atoms with Gasteiger partial charge in [0.25, 0.3) is 0 Å². The fraction of sp³-hybridized carbons (Fsp3) is 0.895. The zero-order valence-electron chi connectivity index (χ0n) is 16.6. The van der Waals surface area contributed by atoms with E-state index in [0.29, 0.717) is 39.1 Å². The van der Waals surface area contributed by atoms with Crippen LogP contribution in [0.1, 0.15) is 53.4 Å². The number of hydrogen-bond acceptors (Lipinski definition) is 5. The van der Waals surface area contributed by atoms with Gasteiger partial charge in [-0.3, -0.25) is 9.69 Å². The second-order valence-electron chi connectivity index (χ2n) is 8.41. The van der Waals surface area contributed by atoms with Crippen LogP contribution in [0.3, 0.4) is 0 Å². The van der Waals surface area contributed by atoms with Crippen LogP contribution in [0.4, 0.5) is 9.18 Å². The number of halogens is 1. The Balaban J connectivity index is 1.91. The molecule has 0 bridgehead atoms. The van der Waals surface area contributed by atoms with Gasteiger partial charge in [0.15, 0.2) is 0 Å². The summed E-state index contributed by atoms with van der Waals surface area (Å²) < 4.78 is 25.1. The van der Waals surface area contributed by atoms with E-state index in [4.69, 9.17) is 9.47 Å². The number of nitrogens with zero attached hydrogens (tertiary/aromatic N) is 2. The summed E-state index contributed by atoms with van der Waals surface area (Å²) in [6, 6.07) is 0. The lowest BCUT2D eigenvalue weighted by molar-refractivity contribution is -0.884. The molecular weight excluding hydrogens is 339 g/mol. The molecule has 2 atom stereocenters. The molecule has 2 aliphatic heterocycles. The van der Waals surface area contributed by atoms with E-state index in [0.717, 1.165) is 25.9 Å². The molecule has 150 valence electrons. The first-order chi connectivity index (χ1) is 12.2. The summed E-state index contributed by atoms with van der Waals surface area (Å²) in [6.45, 7) is 10.7. The van der Waals surface area contributed by atoms with E-state index in [9.17, 15) is 14.0 Å². The van der Waals surface area contributed by atoms with E-state index in [1.54, 1.807) is 0 Å². The molecule has 2 unspecified atom stereocenters. The van der Waals surface area contributed by atoms with Gasteiger partial charge >= 0.3 is 12.1 Å². The summed E-state index contributed by atoms with van der Waals surface area (Å²) >= 11 is 0. The number of esters is 1. The van der Waals surface area contributed by atoms with Crippen LogP contribution >= 0.6 is 0 Å². The zero-order valence-corrected chi connectivity index (χ0v) is 16.6. The molecule has 0 radical (unpaired) electrons. The van der Waals surface area contributed by atoms with Gasteiger partial charge in [0.05, 0.1) is 19.1 Å². The lowest BCUT2D eigenvalue weighted by atomic mass is 9.97. The number of piperidine rings is 1. The molecule has 2 heterocycles. The Labute approximate surface area is 156 Å². The van der Waals surface area contributed by atoms with Crippen molar-refractivity contribution in [2.45, 2.75) is 65.3 Å². The van der Waals surface area contributed by atoms with Crippen molar-refractivity contribution in [2.24, 2.45) is 5.92 Å². The van der Waals surface area contributed by atoms with Gasteiger partial charge in [-0.2, -0.15) is 13.7 Å². The van der Waals surface area contributed by atoms with E-state index in [2.05, 4.69) is 4.90 Å². The molecule has 0 saturated carbocycles. The molecule has 1 amide bonds. The van der Waals surface area contributed by atoms with Crippen LogP contribution in [-0.4, -0.2) is 72.7 Å². The number of hydrogen-bond donors (Lipinski definition) is 0. The zero-order chi connectivity index (χ0) is 19.4. The predicted molar refractivity (Wildman–Crippen MR) is 96.2 cm³/mol. The Hall–Kier alpha value is -1.21. The van der Waals surface area contributed by atoms with Crippen molar-refractivity contribution in [1.82, 2.24) is 4.90 Å². The minimum Gasteiger partial charge on any atom is -0.466 e. The summed E-state index contributed by atoms with van der Waals surface area (Å²) in [7, 11) is 0. The monoisotopic (exact) mass is 373 g/mol. The van der Waals surface area contributed by atoms with E-state index in [1.807, 2.05) is 27.7 Å². The van der Waals surface area contributed by atoms with Crippen molar-refractivity contribution in [3.8, 4) is 0 Å². The average molecular weight is 373 g/mol. The first-order valence-electron chi connectivity index (χ1n) is 9.81. The van der Waals surface area contributed by atoms with Gasteiger partial charge in [-0.15, -0.1) is 0 Å². The minimum absolute atomic E-state index is 0.0408. The Morgan fingerprint density at radius 3 is 2.35 bits per heavy atom. The Bertz CT molecular complexity index is 500. The number of ether oxygens (including phenoxy) is 2. The van der Waals surface area contributed by atoms with Crippen LogP contribution in [-0.2, 0) is 14.3 Å². The third-order valence-electron chi connectivity index (χ3n) is 5.32. The Kier molecular flexibility index (Phi) is 7.02. The van der Waals surface area contributed by atoms with Crippen molar-refractivity contribution in [3.05, 3.63) is 0 Å². The normalized spacial score (nSPS) is 28.1. The number of carbonyl (C=O) groups is 2. The van der Waals surface area contributed by atoms with Crippen molar-refractivity contribution in [1.29, 1.82) is 0 Å². The smallest absolute Gasteiger partial charge is 0.466 e. The minimum atomic E-state index is -1.19. The maximum Gasteiger partial charge on any atom is 0.518 e. The van der Waals surface area contributed by atoms with Crippen molar-refractivity contribution in [3.63, 3.8) is 0 Å². The molecule has 26 heavy (non-hydrogen) atoms. The number of amides is 1. The summed E-state index contributed by atoms with van der Waals surface area (Å²) in [4.78, 5) is 26.8. The van der Waals surface area contributed by atoms with E-state index in [1.165, 1.54) is 0 Å². The molecule has 2 rings (SSSR count). The Morgan fingerprint density at radius 1 is 1.19 bits per heavy atom. The molecular formula is C19H34FN2O4+. The highest BCUT2D eigenvalue weighted by atomic mass is 19.1. The maximum atomic E-state index is 14.7. The van der Waals surface area contributed by atoms with Crippen molar-refractivity contribution in [2.75, 3.05) is 39.3 Å². The second kappa shape index (κ2) is 8.65. The molecule has 0 aromatic rings. The van der Waals surface area contributed by atoms with Gasteiger partial charge in [0.1, 0.15) is 12.1 Å². The van der Waals surface area contributed by atoms with Gasteiger partial charge in [0.2, 0.25) is 6.30 Å². The second-order valence-corrected chi connectivity index (χ2v) is 8.41. The molecule has 2 saturated heterocycles. The lowest BCUT2D eigenvalue weighted by Crippen LogP contribution is -2.59. The molecule has 2 fully saturated rings. The first kappa shape index (κ1) is 21.1. The van der Waals surface area contributed by atoms with Crippen molar-refractivity contribution < 1.29 is 27.9 Å². The summed E-state index contributed by atoms with van der Waals surface area (Å²) in [5.74, 6) is -0.159. The summed E-state index contributed by atoms with van der Waals surface area (Å²) in [5.41, 5.74) is -0.622. The number of carbonyl (C=O) groups excluding carboxylic acids is 2. The summed E-state index contributed by atoms with van der Waals surface area (Å²) in [5, 5.41) is 0. The van der Waals surface area contributed by atoms with Gasteiger partial charge < -0.3 is 9.47 Å². The van der Waals surface area contributed by atoms with Gasteiger partial charge in [-0.05, 0) is 53.6 Å². The highest BCUT2D eigenvalue weighted by Crippen LogP contribution is 2.31. The number of alkyl halides is 1. The van der Waals surface area contributed by atoms with Crippen LogP contribution in [0, 0.1) is 5.92 Å². The van der Waals surface area contributed by atoms with Crippen LogP contribution in [0.15, 0.2) is 0 Å². The van der Waals surface area contributed by atoms with Gasteiger partial charge in [-0.25, -0.2) is 0 Å². The predicted octanol–water partition coefficient (Wildman–Crippen LogP) is 3.10. The summed E-state index contributed by atoms with van der Waals surface area (Å²) in [6.07, 6.45) is 0.968. The number of quaternary nitrogens is 1. The highest BCUT2D eigenvalue weighted by molar-refractivity contribution is 5.72. The number of rotatable bonds is 5. The fourth-order valence-corrected chi connectivity index (χ4v) is 3.80. The highest BCUT2D eigenvalue weighted by Gasteiger charge is 2.51. The molecule has 7 heteroatoms. The molecule has 0 N–H and O–H groups in total. The van der Waals surface area contributed by atoms with Gasteiger partial charge in [0, 0.05) is 19.4 Å². The molecule has 0 aromatic heterocycles. The van der Waals surface area contributed by atoms with Gasteiger partial charge in [-0.1, -0.05) is 0 Å². The third kappa shape index (κ3) is 5.16. The maximum absolute atomic E-state index is 14.7. The number of likely N-dealkylation sites (tertiary alicyclic amines) is 2. The SMILES string of the molecule is CCOC(=O)C1CCN(CC[N+]2(C(=O)OC(C)(C)C)CCCC2F)CC1. The van der Waals surface area contributed by atoms with Crippen molar-refractivity contribution >= 4 is 12.1 Å². The largest absolute Gasteiger partial charge is 0.518 e. The topological polar surface area (TPSA) is 55.8 Å². The van der Waals surface area contributed by atoms with E-state index >= 15 is 0 Å². The average Bonchev–Trinajstić information content (AvgIpc) is 2.94. The van der Waals surface area contributed by atoms with Crippen LogP contribution in [0.5, 0.6) is 0 Å². The van der Waals surface area contributed by atoms with Crippen LogP contribution in [0.2, 0.25) is 0 Å². The molecule has 2 aliphatic rings. The van der Waals surface area contributed by atoms with E-state index < -0.39 is 18.0 Å². The fourth-order valence-electron chi connectivity index (χ4n) is 3.80. The lowest BCUT2D eigenvalue weighted by Gasteiger charge is -2.37. The standard InChI is InChI=1S/C19H34FN2O4/c1-5-25-17(23)15-8-10-21(11-9-15)12-14-22(13-6-7-16(22)20)18(24)26-19(2,3)4/h15-16H,5-14H2,1-4H3/q+1. The Morgan fingerprint density at radius 2 is 1.85 bits per heavy atom. The van der Waals surface area contributed by atoms with E-state index in [-0.39, 0.29) is 16.4 Å². The molecule has 0 spiro atoms. The molecule has 0 aliphatic carbocycles. The molecule has 6 nitrogen and oxygen atoms in total. The van der Waals surface area contributed by atoms with Crippen LogP contribution < -0.4 is 0 Å². The quantitative estimate of drug-likeness (QED) is 0.421. The third-order valence-corrected chi connectivity index (χ3v) is 5.32.